The number of hydrogen-bond acceptors (Lipinski definition) is 2. The molecule has 1 rings (SSSR count). The molecular formula is C15H23NO. The summed E-state index contributed by atoms with van der Waals surface area (Å²) in [6.45, 7) is 6.94. The molecule has 0 aliphatic carbocycles. The molecule has 2 heteroatoms. The number of hydrogen-bond donors (Lipinski definition) is 1. The lowest BCUT2D eigenvalue weighted by molar-refractivity contribution is 0.414. The number of benzene rings is 1. The Kier molecular flexibility index (Phi) is 6.41. The molecule has 94 valence electrons. The van der Waals surface area contributed by atoms with Gasteiger partial charge in [0.2, 0.25) is 0 Å². The monoisotopic (exact) mass is 233 g/mol. The average molecular weight is 233 g/mol. The minimum absolute atomic E-state index is 0.534. The number of likely N-dealkylation sites (N-methyl/N-ethyl adjacent to an activating group) is 1. The first-order valence-corrected chi connectivity index (χ1v) is 6.27. The smallest absolute Gasteiger partial charge is 0.118 e. The topological polar surface area (TPSA) is 21.3 Å². The van der Waals surface area contributed by atoms with Crippen LogP contribution in [0.1, 0.15) is 25.3 Å². The average Bonchev–Trinajstić information content (AvgIpc) is 2.37. The number of ether oxygens (including phenoxy) is 1. The van der Waals surface area contributed by atoms with Gasteiger partial charge in [-0.3, -0.25) is 0 Å². The molecule has 17 heavy (non-hydrogen) atoms. The van der Waals surface area contributed by atoms with Gasteiger partial charge >= 0.3 is 0 Å². The van der Waals surface area contributed by atoms with E-state index in [1.54, 1.807) is 7.11 Å². The van der Waals surface area contributed by atoms with Crippen LogP contribution >= 0.6 is 0 Å². The number of allylic oxidation sites excluding steroid dienone is 1. The summed E-state index contributed by atoms with van der Waals surface area (Å²) in [5.41, 5.74) is 1.35. The Morgan fingerprint density at radius 1 is 1.35 bits per heavy atom. The standard InChI is InChI=1S/C15H23NO/c1-4-6-7-14(16-5-2)12-13-8-10-15(17-3)11-9-13/h4,8-11,14,16H,1,5-7,12H2,2-3H3. The van der Waals surface area contributed by atoms with Crippen molar-refractivity contribution in [2.24, 2.45) is 0 Å². The van der Waals surface area contributed by atoms with Crippen molar-refractivity contribution in [3.8, 4) is 5.75 Å². The maximum atomic E-state index is 5.16. The van der Waals surface area contributed by atoms with Crippen LogP contribution in [0, 0.1) is 0 Å². The number of nitrogens with one attached hydrogen (secondary N) is 1. The molecule has 1 aromatic rings. The first-order chi connectivity index (χ1) is 8.30. The molecule has 0 spiro atoms. The number of methoxy groups -OCH3 is 1. The van der Waals surface area contributed by atoms with E-state index in [1.165, 1.54) is 5.56 Å². The first kappa shape index (κ1) is 13.8. The van der Waals surface area contributed by atoms with E-state index < -0.39 is 0 Å². The second-order valence-corrected chi connectivity index (χ2v) is 4.17. The third-order valence-corrected chi connectivity index (χ3v) is 2.85. The van der Waals surface area contributed by atoms with Crippen molar-refractivity contribution in [2.45, 2.75) is 32.2 Å². The van der Waals surface area contributed by atoms with Crippen LogP contribution in [0.5, 0.6) is 5.75 Å². The third-order valence-electron chi connectivity index (χ3n) is 2.85. The fourth-order valence-electron chi connectivity index (χ4n) is 1.93. The van der Waals surface area contributed by atoms with E-state index in [-0.39, 0.29) is 0 Å². The van der Waals surface area contributed by atoms with Crippen LogP contribution in [0.3, 0.4) is 0 Å². The second kappa shape index (κ2) is 7.91. The van der Waals surface area contributed by atoms with Crippen molar-refractivity contribution in [1.82, 2.24) is 5.32 Å². The maximum absolute atomic E-state index is 5.16. The Hall–Kier alpha value is -1.28. The predicted octanol–water partition coefficient (Wildman–Crippen LogP) is 3.18. The molecule has 0 fully saturated rings. The molecule has 0 bridgehead atoms. The highest BCUT2D eigenvalue weighted by Crippen LogP contribution is 2.14. The van der Waals surface area contributed by atoms with E-state index in [0.29, 0.717) is 6.04 Å². The van der Waals surface area contributed by atoms with Crippen molar-refractivity contribution in [1.29, 1.82) is 0 Å². The van der Waals surface area contributed by atoms with Gasteiger partial charge in [-0.25, -0.2) is 0 Å². The van der Waals surface area contributed by atoms with E-state index in [1.807, 2.05) is 18.2 Å². The molecule has 0 aromatic heterocycles. The molecule has 1 unspecified atom stereocenters. The number of rotatable bonds is 8. The van der Waals surface area contributed by atoms with Crippen LogP contribution in [0.4, 0.5) is 0 Å². The van der Waals surface area contributed by atoms with Gasteiger partial charge in [0.1, 0.15) is 5.75 Å². The minimum atomic E-state index is 0.534. The molecule has 0 aliphatic heterocycles. The molecule has 0 saturated heterocycles. The predicted molar refractivity (Wildman–Crippen MR) is 73.6 cm³/mol. The van der Waals surface area contributed by atoms with Crippen LogP contribution in [-0.2, 0) is 6.42 Å². The van der Waals surface area contributed by atoms with E-state index in [9.17, 15) is 0 Å². The van der Waals surface area contributed by atoms with Gasteiger partial charge in [-0.1, -0.05) is 25.1 Å². The summed E-state index contributed by atoms with van der Waals surface area (Å²) in [6, 6.07) is 8.85. The Morgan fingerprint density at radius 3 is 2.59 bits per heavy atom. The third kappa shape index (κ3) is 5.05. The molecule has 1 aromatic carbocycles. The molecule has 0 aliphatic rings. The molecule has 0 amide bonds. The molecule has 0 heterocycles. The highest BCUT2D eigenvalue weighted by Gasteiger charge is 2.07. The molecule has 1 N–H and O–H groups in total. The van der Waals surface area contributed by atoms with Crippen LogP contribution in [0.2, 0.25) is 0 Å². The fraction of sp³-hybridized carbons (Fsp3) is 0.467. The summed E-state index contributed by atoms with van der Waals surface area (Å²) in [7, 11) is 1.69. The summed E-state index contributed by atoms with van der Waals surface area (Å²) in [5.74, 6) is 0.917. The lowest BCUT2D eigenvalue weighted by Crippen LogP contribution is -2.30. The van der Waals surface area contributed by atoms with E-state index in [4.69, 9.17) is 4.74 Å². The SMILES string of the molecule is C=CCCC(Cc1ccc(OC)cc1)NCC. The molecule has 0 radical (unpaired) electrons. The van der Waals surface area contributed by atoms with Gasteiger partial charge in [-0.05, 0) is 43.5 Å². The van der Waals surface area contributed by atoms with Gasteiger partial charge in [0.25, 0.3) is 0 Å². The second-order valence-electron chi connectivity index (χ2n) is 4.17. The van der Waals surface area contributed by atoms with E-state index in [0.717, 1.165) is 31.6 Å². The van der Waals surface area contributed by atoms with E-state index >= 15 is 0 Å². The zero-order chi connectivity index (χ0) is 12.5. The molecule has 1 atom stereocenters. The highest BCUT2D eigenvalue weighted by atomic mass is 16.5. The summed E-state index contributed by atoms with van der Waals surface area (Å²) in [5, 5.41) is 3.52. The first-order valence-electron chi connectivity index (χ1n) is 6.27. The van der Waals surface area contributed by atoms with Crippen molar-refractivity contribution in [3.63, 3.8) is 0 Å². The summed E-state index contributed by atoms with van der Waals surface area (Å²) in [4.78, 5) is 0. The zero-order valence-corrected chi connectivity index (χ0v) is 10.9. The molecule has 2 nitrogen and oxygen atoms in total. The Morgan fingerprint density at radius 2 is 2.06 bits per heavy atom. The fourth-order valence-corrected chi connectivity index (χ4v) is 1.93. The largest absolute Gasteiger partial charge is 0.497 e. The van der Waals surface area contributed by atoms with Crippen molar-refractivity contribution in [3.05, 3.63) is 42.5 Å². The Labute approximate surface area is 105 Å². The normalized spacial score (nSPS) is 12.1. The van der Waals surface area contributed by atoms with Crippen LogP contribution < -0.4 is 10.1 Å². The van der Waals surface area contributed by atoms with Gasteiger partial charge in [0.15, 0.2) is 0 Å². The molecular weight excluding hydrogens is 210 g/mol. The van der Waals surface area contributed by atoms with Crippen molar-refractivity contribution < 1.29 is 4.74 Å². The van der Waals surface area contributed by atoms with Gasteiger partial charge in [0, 0.05) is 6.04 Å². The zero-order valence-electron chi connectivity index (χ0n) is 10.9. The quantitative estimate of drug-likeness (QED) is 0.696. The Balaban J connectivity index is 2.54. The van der Waals surface area contributed by atoms with Gasteiger partial charge in [-0.15, -0.1) is 6.58 Å². The maximum Gasteiger partial charge on any atom is 0.118 e. The van der Waals surface area contributed by atoms with Crippen LogP contribution in [0.25, 0.3) is 0 Å². The van der Waals surface area contributed by atoms with Crippen molar-refractivity contribution in [2.75, 3.05) is 13.7 Å². The molecule has 0 saturated carbocycles. The summed E-state index contributed by atoms with van der Waals surface area (Å²) >= 11 is 0. The lowest BCUT2D eigenvalue weighted by atomic mass is 10.0. The van der Waals surface area contributed by atoms with Gasteiger partial charge < -0.3 is 10.1 Å². The van der Waals surface area contributed by atoms with Crippen LogP contribution in [-0.4, -0.2) is 19.7 Å². The highest BCUT2D eigenvalue weighted by molar-refractivity contribution is 5.27. The minimum Gasteiger partial charge on any atom is -0.497 e. The van der Waals surface area contributed by atoms with Crippen LogP contribution in [0.15, 0.2) is 36.9 Å². The summed E-state index contributed by atoms with van der Waals surface area (Å²) < 4.78 is 5.16. The summed E-state index contributed by atoms with van der Waals surface area (Å²) in [6.07, 6.45) is 5.25. The van der Waals surface area contributed by atoms with E-state index in [2.05, 4.69) is 31.0 Å². The van der Waals surface area contributed by atoms with Gasteiger partial charge in [0.05, 0.1) is 7.11 Å². The van der Waals surface area contributed by atoms with Gasteiger partial charge in [-0.2, -0.15) is 0 Å². The Bertz CT molecular complexity index is 318. The van der Waals surface area contributed by atoms with Crippen molar-refractivity contribution >= 4 is 0 Å². The lowest BCUT2D eigenvalue weighted by Gasteiger charge is -2.17.